The predicted molar refractivity (Wildman–Crippen MR) is 75.6 cm³/mol. The Labute approximate surface area is 118 Å². The standard InChI is InChI=1S/C14H19N3O3/c18-13(10-15-12-4-2-1-3-5-12)17-8-6-16(7-9-17)11-14(19)20/h1-5,15H,6-11H2,(H,19,20). The Morgan fingerprint density at radius 2 is 1.75 bits per heavy atom. The van der Waals surface area contributed by atoms with Gasteiger partial charge in [-0.3, -0.25) is 14.5 Å². The highest BCUT2D eigenvalue weighted by molar-refractivity contribution is 5.81. The van der Waals surface area contributed by atoms with E-state index in [2.05, 4.69) is 5.32 Å². The summed E-state index contributed by atoms with van der Waals surface area (Å²) in [5, 5.41) is 11.8. The fourth-order valence-electron chi connectivity index (χ4n) is 2.19. The second-order valence-electron chi connectivity index (χ2n) is 4.77. The summed E-state index contributed by atoms with van der Waals surface area (Å²) in [6.45, 7) is 2.71. The molecule has 1 fully saturated rings. The van der Waals surface area contributed by atoms with Gasteiger partial charge >= 0.3 is 5.97 Å². The third kappa shape index (κ3) is 4.24. The zero-order valence-electron chi connectivity index (χ0n) is 11.3. The average Bonchev–Trinajstić information content (AvgIpc) is 2.46. The summed E-state index contributed by atoms with van der Waals surface area (Å²) in [7, 11) is 0. The maximum atomic E-state index is 12.0. The maximum absolute atomic E-state index is 12.0. The van der Waals surface area contributed by atoms with Crippen LogP contribution in [0, 0.1) is 0 Å². The number of amides is 1. The van der Waals surface area contributed by atoms with E-state index >= 15 is 0 Å². The van der Waals surface area contributed by atoms with E-state index in [4.69, 9.17) is 5.11 Å². The number of nitrogens with one attached hydrogen (secondary N) is 1. The lowest BCUT2D eigenvalue weighted by molar-refractivity contribution is -0.139. The van der Waals surface area contributed by atoms with Crippen molar-refractivity contribution >= 4 is 17.6 Å². The molecular weight excluding hydrogens is 258 g/mol. The van der Waals surface area contributed by atoms with Gasteiger partial charge in [0, 0.05) is 31.9 Å². The molecule has 6 nitrogen and oxygen atoms in total. The van der Waals surface area contributed by atoms with Crippen molar-refractivity contribution in [2.24, 2.45) is 0 Å². The van der Waals surface area contributed by atoms with Gasteiger partial charge in [0.15, 0.2) is 0 Å². The molecule has 0 spiro atoms. The Kier molecular flexibility index (Phi) is 4.95. The largest absolute Gasteiger partial charge is 0.480 e. The molecule has 6 heteroatoms. The van der Waals surface area contributed by atoms with Crippen LogP contribution in [0.15, 0.2) is 30.3 Å². The number of piperazine rings is 1. The molecule has 1 aliphatic heterocycles. The first-order chi connectivity index (χ1) is 9.65. The highest BCUT2D eigenvalue weighted by Gasteiger charge is 2.21. The van der Waals surface area contributed by atoms with Gasteiger partial charge in [0.2, 0.25) is 5.91 Å². The minimum absolute atomic E-state index is 0.0452. The van der Waals surface area contributed by atoms with Crippen molar-refractivity contribution in [2.75, 3.05) is 44.6 Å². The van der Waals surface area contributed by atoms with Crippen molar-refractivity contribution in [1.29, 1.82) is 0 Å². The number of hydrogen-bond donors (Lipinski definition) is 2. The van der Waals surface area contributed by atoms with Gasteiger partial charge in [0.05, 0.1) is 13.1 Å². The minimum atomic E-state index is -0.824. The number of hydrogen-bond acceptors (Lipinski definition) is 4. The summed E-state index contributed by atoms with van der Waals surface area (Å²) in [6.07, 6.45) is 0. The van der Waals surface area contributed by atoms with Crippen molar-refractivity contribution in [3.05, 3.63) is 30.3 Å². The van der Waals surface area contributed by atoms with E-state index in [9.17, 15) is 9.59 Å². The van der Waals surface area contributed by atoms with E-state index in [0.717, 1.165) is 5.69 Å². The summed E-state index contributed by atoms with van der Waals surface area (Å²) >= 11 is 0. The number of carboxylic acids is 1. The number of aliphatic carboxylic acids is 1. The number of rotatable bonds is 5. The van der Waals surface area contributed by atoms with Gasteiger partial charge in [-0.1, -0.05) is 18.2 Å². The zero-order valence-corrected chi connectivity index (χ0v) is 11.3. The van der Waals surface area contributed by atoms with Crippen molar-refractivity contribution in [3.63, 3.8) is 0 Å². The van der Waals surface area contributed by atoms with E-state index in [0.29, 0.717) is 26.2 Å². The Morgan fingerprint density at radius 1 is 1.10 bits per heavy atom. The second-order valence-corrected chi connectivity index (χ2v) is 4.77. The molecule has 0 aliphatic carbocycles. The maximum Gasteiger partial charge on any atom is 0.317 e. The smallest absolute Gasteiger partial charge is 0.317 e. The lowest BCUT2D eigenvalue weighted by Crippen LogP contribution is -2.51. The molecule has 1 saturated heterocycles. The molecule has 1 heterocycles. The molecule has 2 N–H and O–H groups in total. The number of anilines is 1. The molecule has 1 aromatic carbocycles. The Morgan fingerprint density at radius 3 is 2.35 bits per heavy atom. The van der Waals surface area contributed by atoms with Gasteiger partial charge in [0.25, 0.3) is 0 Å². The normalized spacial score (nSPS) is 15.9. The number of carbonyl (C=O) groups excluding carboxylic acids is 1. The summed E-state index contributed by atoms with van der Waals surface area (Å²) < 4.78 is 0. The first-order valence-electron chi connectivity index (χ1n) is 6.66. The number of benzene rings is 1. The van der Waals surface area contributed by atoms with Gasteiger partial charge in [0.1, 0.15) is 0 Å². The summed E-state index contributed by atoms with van der Waals surface area (Å²) in [5.74, 6) is -0.778. The third-order valence-corrected chi connectivity index (χ3v) is 3.30. The first kappa shape index (κ1) is 14.3. The molecule has 20 heavy (non-hydrogen) atoms. The van der Waals surface area contributed by atoms with Crippen LogP contribution in [-0.4, -0.2) is 66.1 Å². The van der Waals surface area contributed by atoms with E-state index in [-0.39, 0.29) is 19.0 Å². The number of carbonyl (C=O) groups is 2. The van der Waals surface area contributed by atoms with Gasteiger partial charge in [-0.15, -0.1) is 0 Å². The van der Waals surface area contributed by atoms with Crippen LogP contribution in [0.25, 0.3) is 0 Å². The number of para-hydroxylation sites is 1. The summed E-state index contributed by atoms with van der Waals surface area (Å²) in [5.41, 5.74) is 0.922. The quantitative estimate of drug-likeness (QED) is 0.811. The molecule has 0 unspecified atom stereocenters. The van der Waals surface area contributed by atoms with Crippen LogP contribution in [-0.2, 0) is 9.59 Å². The topological polar surface area (TPSA) is 72.9 Å². The number of nitrogens with zero attached hydrogens (tertiary/aromatic N) is 2. The van der Waals surface area contributed by atoms with E-state index in [1.54, 1.807) is 4.90 Å². The zero-order chi connectivity index (χ0) is 14.4. The third-order valence-electron chi connectivity index (χ3n) is 3.30. The van der Waals surface area contributed by atoms with Crippen LogP contribution in [0.1, 0.15) is 0 Å². The molecule has 0 atom stereocenters. The van der Waals surface area contributed by atoms with Crippen LogP contribution in [0.3, 0.4) is 0 Å². The first-order valence-corrected chi connectivity index (χ1v) is 6.66. The lowest BCUT2D eigenvalue weighted by atomic mass is 10.3. The molecule has 108 valence electrons. The second kappa shape index (κ2) is 6.91. The molecule has 0 aromatic heterocycles. The van der Waals surface area contributed by atoms with E-state index in [1.165, 1.54) is 0 Å². The van der Waals surface area contributed by atoms with E-state index in [1.807, 2.05) is 35.2 Å². The highest BCUT2D eigenvalue weighted by Crippen LogP contribution is 2.06. The Bertz CT molecular complexity index is 456. The molecule has 2 rings (SSSR count). The Balaban J connectivity index is 1.73. The van der Waals surface area contributed by atoms with Crippen LogP contribution >= 0.6 is 0 Å². The molecular formula is C14H19N3O3. The lowest BCUT2D eigenvalue weighted by Gasteiger charge is -2.33. The fraction of sp³-hybridized carbons (Fsp3) is 0.429. The Hall–Kier alpha value is -2.08. The average molecular weight is 277 g/mol. The molecule has 0 radical (unpaired) electrons. The van der Waals surface area contributed by atoms with Gasteiger partial charge < -0.3 is 15.3 Å². The van der Waals surface area contributed by atoms with Gasteiger partial charge in [-0.25, -0.2) is 0 Å². The van der Waals surface area contributed by atoms with E-state index < -0.39 is 5.97 Å². The molecule has 0 saturated carbocycles. The highest BCUT2D eigenvalue weighted by atomic mass is 16.4. The SMILES string of the molecule is O=C(O)CN1CCN(C(=O)CNc2ccccc2)CC1. The van der Waals surface area contributed by atoms with Crippen LogP contribution in [0.5, 0.6) is 0 Å². The molecule has 0 bridgehead atoms. The molecule has 1 aliphatic rings. The fourth-order valence-corrected chi connectivity index (χ4v) is 2.19. The van der Waals surface area contributed by atoms with Gasteiger partial charge in [-0.05, 0) is 12.1 Å². The number of carboxylic acid groups (broad SMARTS) is 1. The van der Waals surface area contributed by atoms with Crippen molar-refractivity contribution < 1.29 is 14.7 Å². The summed E-state index contributed by atoms with van der Waals surface area (Å²) in [6, 6.07) is 9.58. The van der Waals surface area contributed by atoms with Crippen molar-refractivity contribution in [1.82, 2.24) is 9.80 Å². The predicted octanol–water partition coefficient (Wildman–Crippen LogP) is 0.327. The monoisotopic (exact) mass is 277 g/mol. The van der Waals surface area contributed by atoms with Crippen LogP contribution in [0.2, 0.25) is 0 Å². The molecule has 1 amide bonds. The van der Waals surface area contributed by atoms with Crippen molar-refractivity contribution in [2.45, 2.75) is 0 Å². The van der Waals surface area contributed by atoms with Crippen molar-refractivity contribution in [3.8, 4) is 0 Å². The van der Waals surface area contributed by atoms with Crippen LogP contribution in [0.4, 0.5) is 5.69 Å². The molecule has 1 aromatic rings. The minimum Gasteiger partial charge on any atom is -0.480 e. The summed E-state index contributed by atoms with van der Waals surface area (Å²) in [4.78, 5) is 26.3. The van der Waals surface area contributed by atoms with Gasteiger partial charge in [-0.2, -0.15) is 0 Å². The van der Waals surface area contributed by atoms with Crippen LogP contribution < -0.4 is 5.32 Å².